The van der Waals surface area contributed by atoms with Crippen molar-refractivity contribution in [1.29, 1.82) is 0 Å². The van der Waals surface area contributed by atoms with Crippen LogP contribution in [0.4, 0.5) is 0 Å². The Bertz CT molecular complexity index is 655. The fourth-order valence-electron chi connectivity index (χ4n) is 2.81. The van der Waals surface area contributed by atoms with Gasteiger partial charge in [-0.15, -0.1) is 0 Å². The number of aryl methyl sites for hydroxylation is 2. The van der Waals surface area contributed by atoms with E-state index in [4.69, 9.17) is 14.2 Å². The van der Waals surface area contributed by atoms with E-state index in [1.807, 2.05) is 24.3 Å². The molecule has 0 saturated carbocycles. The second-order valence-corrected chi connectivity index (χ2v) is 5.86. The maximum atomic E-state index is 11.4. The summed E-state index contributed by atoms with van der Waals surface area (Å²) in [6.45, 7) is 1.34. The molecular weight excluding hydrogens is 304 g/mol. The molecule has 0 aliphatic carbocycles. The molecule has 0 N–H and O–H groups in total. The molecule has 4 nitrogen and oxygen atoms in total. The summed E-state index contributed by atoms with van der Waals surface area (Å²) in [6, 6.07) is 16.1. The van der Waals surface area contributed by atoms with E-state index in [0.29, 0.717) is 18.8 Å². The van der Waals surface area contributed by atoms with Crippen LogP contribution in [0.2, 0.25) is 0 Å². The first-order chi connectivity index (χ1) is 11.8. The molecule has 126 valence electrons. The molecule has 1 aliphatic rings. The van der Waals surface area contributed by atoms with Gasteiger partial charge < -0.3 is 14.2 Å². The lowest BCUT2D eigenvalue weighted by Crippen LogP contribution is -2.01. The Hall–Kier alpha value is -2.17. The van der Waals surface area contributed by atoms with Crippen LogP contribution in [0.15, 0.2) is 48.5 Å². The number of hydrogen-bond donors (Lipinski definition) is 0. The largest absolute Gasteiger partial charge is 0.465 e. The second kappa shape index (κ2) is 8.08. The number of ether oxygens (including phenoxy) is 3. The number of carbonyl (C=O) groups excluding carboxylic acids is 1. The van der Waals surface area contributed by atoms with E-state index >= 15 is 0 Å². The summed E-state index contributed by atoms with van der Waals surface area (Å²) < 4.78 is 15.7. The van der Waals surface area contributed by atoms with Crippen molar-refractivity contribution < 1.29 is 19.0 Å². The maximum Gasteiger partial charge on any atom is 0.337 e. The van der Waals surface area contributed by atoms with Crippen LogP contribution in [0, 0.1) is 0 Å². The van der Waals surface area contributed by atoms with E-state index in [1.54, 1.807) is 0 Å². The van der Waals surface area contributed by atoms with Crippen molar-refractivity contribution in [2.45, 2.75) is 25.6 Å². The van der Waals surface area contributed by atoms with Gasteiger partial charge in [0, 0.05) is 5.56 Å². The third kappa shape index (κ3) is 4.22. The maximum absolute atomic E-state index is 11.4. The summed E-state index contributed by atoms with van der Waals surface area (Å²) in [5, 5.41) is 0. The van der Waals surface area contributed by atoms with Crippen LogP contribution in [-0.4, -0.2) is 26.3 Å². The highest BCUT2D eigenvalue weighted by Crippen LogP contribution is 2.23. The minimum Gasteiger partial charge on any atom is -0.465 e. The number of hydrogen-bond acceptors (Lipinski definition) is 4. The predicted molar refractivity (Wildman–Crippen MR) is 90.9 cm³/mol. The van der Waals surface area contributed by atoms with Crippen molar-refractivity contribution >= 4 is 5.97 Å². The summed E-state index contributed by atoms with van der Waals surface area (Å²) in [4.78, 5) is 11.4. The molecule has 4 heteroatoms. The van der Waals surface area contributed by atoms with Crippen molar-refractivity contribution in [2.75, 3.05) is 20.3 Å². The zero-order valence-electron chi connectivity index (χ0n) is 13.9. The van der Waals surface area contributed by atoms with Gasteiger partial charge in [-0.25, -0.2) is 4.79 Å². The summed E-state index contributed by atoms with van der Waals surface area (Å²) in [5.41, 5.74) is 4.21. The number of carbonyl (C=O) groups is 1. The Kier molecular flexibility index (Phi) is 5.62. The van der Waals surface area contributed by atoms with Gasteiger partial charge in [0.2, 0.25) is 0 Å². The van der Waals surface area contributed by atoms with Gasteiger partial charge in [-0.3, -0.25) is 0 Å². The smallest absolute Gasteiger partial charge is 0.337 e. The Balaban J connectivity index is 1.48. The van der Waals surface area contributed by atoms with Crippen molar-refractivity contribution in [2.24, 2.45) is 0 Å². The molecule has 0 atom stereocenters. The monoisotopic (exact) mass is 326 g/mol. The lowest BCUT2D eigenvalue weighted by Gasteiger charge is -2.10. The Morgan fingerprint density at radius 3 is 2.04 bits per heavy atom. The summed E-state index contributed by atoms with van der Waals surface area (Å²) in [5.74, 6) is -0.295. The van der Waals surface area contributed by atoms with Gasteiger partial charge in [0.05, 0.1) is 25.9 Å². The van der Waals surface area contributed by atoms with Gasteiger partial charge in [0.25, 0.3) is 0 Å². The van der Waals surface area contributed by atoms with Gasteiger partial charge in [-0.2, -0.15) is 0 Å². The third-order valence-corrected chi connectivity index (χ3v) is 4.18. The van der Waals surface area contributed by atoms with Gasteiger partial charge in [-0.05, 0) is 42.5 Å². The summed E-state index contributed by atoms with van der Waals surface area (Å²) in [7, 11) is 1.40. The fourth-order valence-corrected chi connectivity index (χ4v) is 2.81. The predicted octanol–water partition coefficient (Wildman–Crippen LogP) is 3.69. The SMILES string of the molecule is COC(=O)c1ccc(CCCc2ccc(C3OCCO3)cc2)cc1. The molecule has 0 radical (unpaired) electrons. The van der Waals surface area contributed by atoms with Crippen molar-refractivity contribution in [1.82, 2.24) is 0 Å². The lowest BCUT2D eigenvalue weighted by molar-refractivity contribution is -0.0441. The summed E-state index contributed by atoms with van der Waals surface area (Å²) in [6.07, 6.45) is 2.86. The van der Waals surface area contributed by atoms with Crippen molar-refractivity contribution in [3.63, 3.8) is 0 Å². The number of rotatable bonds is 6. The van der Waals surface area contributed by atoms with E-state index in [9.17, 15) is 4.79 Å². The van der Waals surface area contributed by atoms with Gasteiger partial charge in [-0.1, -0.05) is 36.4 Å². The fraction of sp³-hybridized carbons (Fsp3) is 0.350. The lowest BCUT2D eigenvalue weighted by atomic mass is 10.0. The highest BCUT2D eigenvalue weighted by molar-refractivity contribution is 5.89. The molecule has 0 unspecified atom stereocenters. The van der Waals surface area contributed by atoms with E-state index < -0.39 is 0 Å². The minimum atomic E-state index is -0.295. The van der Waals surface area contributed by atoms with E-state index in [2.05, 4.69) is 24.3 Å². The minimum absolute atomic E-state index is 0.202. The van der Waals surface area contributed by atoms with Crippen LogP contribution < -0.4 is 0 Å². The van der Waals surface area contributed by atoms with Gasteiger partial charge in [0.15, 0.2) is 6.29 Å². The average Bonchev–Trinajstić information content (AvgIpc) is 3.17. The van der Waals surface area contributed by atoms with Crippen LogP contribution in [0.25, 0.3) is 0 Å². The summed E-state index contributed by atoms with van der Waals surface area (Å²) >= 11 is 0. The second-order valence-electron chi connectivity index (χ2n) is 5.86. The van der Waals surface area contributed by atoms with E-state index in [0.717, 1.165) is 24.8 Å². The highest BCUT2D eigenvalue weighted by atomic mass is 16.7. The molecule has 2 aromatic carbocycles. The molecule has 0 bridgehead atoms. The Morgan fingerprint density at radius 1 is 0.958 bits per heavy atom. The zero-order valence-corrected chi connectivity index (χ0v) is 13.9. The quantitative estimate of drug-likeness (QED) is 0.759. The molecule has 1 saturated heterocycles. The molecule has 2 aromatic rings. The normalized spacial score (nSPS) is 14.7. The number of esters is 1. The molecule has 0 amide bonds. The Labute approximate surface area is 142 Å². The molecule has 3 rings (SSSR count). The van der Waals surface area contributed by atoms with E-state index in [1.165, 1.54) is 18.2 Å². The molecule has 0 spiro atoms. The number of benzene rings is 2. The first-order valence-corrected chi connectivity index (χ1v) is 8.25. The van der Waals surface area contributed by atoms with E-state index in [-0.39, 0.29) is 12.3 Å². The molecule has 0 aromatic heterocycles. The van der Waals surface area contributed by atoms with Crippen LogP contribution >= 0.6 is 0 Å². The van der Waals surface area contributed by atoms with Crippen LogP contribution in [0.3, 0.4) is 0 Å². The van der Waals surface area contributed by atoms with Crippen molar-refractivity contribution in [3.05, 3.63) is 70.8 Å². The topological polar surface area (TPSA) is 44.8 Å². The first kappa shape index (κ1) is 16.7. The average molecular weight is 326 g/mol. The van der Waals surface area contributed by atoms with Gasteiger partial charge in [0.1, 0.15) is 0 Å². The molecule has 1 aliphatic heterocycles. The van der Waals surface area contributed by atoms with Crippen LogP contribution in [-0.2, 0) is 27.1 Å². The van der Waals surface area contributed by atoms with Crippen molar-refractivity contribution in [3.8, 4) is 0 Å². The van der Waals surface area contributed by atoms with Crippen LogP contribution in [0.1, 0.15) is 39.8 Å². The highest BCUT2D eigenvalue weighted by Gasteiger charge is 2.17. The molecule has 1 fully saturated rings. The first-order valence-electron chi connectivity index (χ1n) is 8.25. The number of methoxy groups -OCH3 is 1. The standard InChI is InChI=1S/C20H22O4/c1-22-19(21)17-9-5-15(6-10-17)3-2-4-16-7-11-18(12-8-16)20-23-13-14-24-20/h5-12,20H,2-4,13-14H2,1H3. The van der Waals surface area contributed by atoms with Crippen LogP contribution in [0.5, 0.6) is 0 Å². The zero-order chi connectivity index (χ0) is 16.8. The third-order valence-electron chi connectivity index (χ3n) is 4.18. The van der Waals surface area contributed by atoms with Gasteiger partial charge >= 0.3 is 5.97 Å². The molecular formula is C20H22O4. The molecule has 24 heavy (non-hydrogen) atoms. The molecule has 1 heterocycles. The Morgan fingerprint density at radius 2 is 1.50 bits per heavy atom.